The summed E-state index contributed by atoms with van der Waals surface area (Å²) in [5, 5.41) is 21.4. The fourth-order valence-electron chi connectivity index (χ4n) is 4.87. The molecule has 0 aliphatic carbocycles. The number of rotatable bonds is 5. The van der Waals surface area contributed by atoms with Crippen LogP contribution in [0.4, 0.5) is 5.82 Å². The molecule has 0 aromatic carbocycles. The second-order valence-electron chi connectivity index (χ2n) is 8.95. The number of nitrogens with zero attached hydrogens (tertiary/aromatic N) is 5. The summed E-state index contributed by atoms with van der Waals surface area (Å²) in [6, 6.07) is 5.61. The van der Waals surface area contributed by atoms with Gasteiger partial charge in [-0.2, -0.15) is 9.61 Å². The first-order valence-corrected chi connectivity index (χ1v) is 11.8. The molecule has 182 valence electrons. The fourth-order valence-corrected chi connectivity index (χ4v) is 4.87. The van der Waals surface area contributed by atoms with E-state index in [1.807, 2.05) is 18.2 Å². The summed E-state index contributed by atoms with van der Waals surface area (Å²) in [5.74, 6) is 0.337. The minimum atomic E-state index is -0.737. The Hall–Kier alpha value is -3.54. The maximum atomic E-state index is 13.1. The molecule has 4 aromatic rings. The molecule has 0 bridgehead atoms. The van der Waals surface area contributed by atoms with Gasteiger partial charge < -0.3 is 29.8 Å². The zero-order valence-electron chi connectivity index (χ0n) is 19.3. The third kappa shape index (κ3) is 3.81. The summed E-state index contributed by atoms with van der Waals surface area (Å²) >= 11 is 0. The SMILES string of the molecule is CNc1cc(-c2cn([C@@H]3CCCOC3)c3ncccc23)nc2c(C(=O)NC3COC[C@H]3O)cnn12. The second kappa shape index (κ2) is 8.91. The van der Waals surface area contributed by atoms with Crippen molar-refractivity contribution >= 4 is 28.4 Å². The van der Waals surface area contributed by atoms with Gasteiger partial charge in [0.05, 0.1) is 49.9 Å². The minimum absolute atomic E-state index is 0.205. The molecule has 2 saturated heterocycles. The van der Waals surface area contributed by atoms with Gasteiger partial charge in [-0.1, -0.05) is 0 Å². The number of hydrogen-bond acceptors (Lipinski definition) is 8. The number of carbonyl (C=O) groups excluding carboxylic acids is 1. The normalized spacial score (nSPS) is 22.6. The largest absolute Gasteiger partial charge is 0.388 e. The highest BCUT2D eigenvalue weighted by Gasteiger charge is 2.29. The van der Waals surface area contributed by atoms with Crippen molar-refractivity contribution in [2.75, 3.05) is 38.8 Å². The molecule has 0 spiro atoms. The lowest BCUT2D eigenvalue weighted by Gasteiger charge is -2.24. The lowest BCUT2D eigenvalue weighted by molar-refractivity contribution is 0.0605. The first kappa shape index (κ1) is 22.0. The third-order valence-corrected chi connectivity index (χ3v) is 6.73. The monoisotopic (exact) mass is 477 g/mol. The summed E-state index contributed by atoms with van der Waals surface area (Å²) in [4.78, 5) is 22.6. The van der Waals surface area contributed by atoms with Gasteiger partial charge >= 0.3 is 0 Å². The van der Waals surface area contributed by atoms with Crippen LogP contribution in [-0.4, -0.2) is 80.8 Å². The number of aromatic nitrogens is 5. The molecule has 2 aliphatic heterocycles. The Morgan fingerprint density at radius 3 is 2.91 bits per heavy atom. The smallest absolute Gasteiger partial charge is 0.257 e. The standard InChI is InChI=1S/C24H27N7O4/c1-25-21-8-18(17-10-30(14-4-3-7-34-11-14)22-15(17)5-2-6-26-22)28-23-16(9-27-31(21)23)24(33)29-19-12-35-13-20(19)32/h2,5-6,8-10,14,19-20,25,32H,3-4,7,11-13H2,1H3,(H,29,33)/t14-,19?,20-/m1/s1. The zero-order valence-corrected chi connectivity index (χ0v) is 19.3. The van der Waals surface area contributed by atoms with Crippen molar-refractivity contribution in [3.63, 3.8) is 0 Å². The predicted octanol–water partition coefficient (Wildman–Crippen LogP) is 1.63. The van der Waals surface area contributed by atoms with Gasteiger partial charge in [0.15, 0.2) is 5.65 Å². The third-order valence-electron chi connectivity index (χ3n) is 6.73. The second-order valence-corrected chi connectivity index (χ2v) is 8.95. The molecule has 11 nitrogen and oxygen atoms in total. The van der Waals surface area contributed by atoms with Crippen molar-refractivity contribution in [3.05, 3.63) is 42.4 Å². The van der Waals surface area contributed by atoms with Gasteiger partial charge in [0, 0.05) is 43.1 Å². The van der Waals surface area contributed by atoms with E-state index in [-0.39, 0.29) is 25.2 Å². The van der Waals surface area contributed by atoms with Gasteiger partial charge in [0.25, 0.3) is 5.91 Å². The van der Waals surface area contributed by atoms with Crippen LogP contribution in [0.15, 0.2) is 36.8 Å². The Bertz CT molecular complexity index is 1390. The molecule has 0 radical (unpaired) electrons. The number of carbonyl (C=O) groups is 1. The van der Waals surface area contributed by atoms with Crippen molar-refractivity contribution in [2.24, 2.45) is 0 Å². The Kier molecular flexibility index (Phi) is 5.59. The van der Waals surface area contributed by atoms with Gasteiger partial charge in [-0.3, -0.25) is 4.79 Å². The highest BCUT2D eigenvalue weighted by molar-refractivity contribution is 6.01. The van der Waals surface area contributed by atoms with Crippen LogP contribution in [0, 0.1) is 0 Å². The first-order valence-electron chi connectivity index (χ1n) is 11.8. The van der Waals surface area contributed by atoms with E-state index in [1.54, 1.807) is 17.8 Å². The van der Waals surface area contributed by atoms with E-state index >= 15 is 0 Å². The van der Waals surface area contributed by atoms with Gasteiger partial charge in [-0.25, -0.2) is 9.97 Å². The van der Waals surface area contributed by atoms with Crippen molar-refractivity contribution < 1.29 is 19.4 Å². The van der Waals surface area contributed by atoms with Crippen molar-refractivity contribution in [1.82, 2.24) is 29.5 Å². The highest BCUT2D eigenvalue weighted by atomic mass is 16.5. The molecule has 1 amide bonds. The van der Waals surface area contributed by atoms with Crippen LogP contribution in [0.3, 0.4) is 0 Å². The molecule has 6 heterocycles. The Balaban J connectivity index is 1.45. The Morgan fingerprint density at radius 2 is 2.14 bits per heavy atom. The maximum Gasteiger partial charge on any atom is 0.257 e. The van der Waals surface area contributed by atoms with Crippen molar-refractivity contribution in [2.45, 2.75) is 31.0 Å². The zero-order chi connectivity index (χ0) is 23.9. The molecule has 0 saturated carbocycles. The average molecular weight is 478 g/mol. The molecule has 2 fully saturated rings. The molecule has 3 atom stereocenters. The van der Waals surface area contributed by atoms with Gasteiger partial charge in [-0.15, -0.1) is 0 Å². The molecular weight excluding hydrogens is 450 g/mol. The summed E-state index contributed by atoms with van der Waals surface area (Å²) in [6.07, 6.45) is 6.67. The summed E-state index contributed by atoms with van der Waals surface area (Å²) in [6.45, 7) is 1.91. The Labute approximate surface area is 201 Å². The fraction of sp³-hybridized carbons (Fsp3) is 0.417. The predicted molar refractivity (Wildman–Crippen MR) is 128 cm³/mol. The van der Waals surface area contributed by atoms with E-state index in [1.165, 1.54) is 6.20 Å². The lowest BCUT2D eigenvalue weighted by atomic mass is 10.1. The lowest BCUT2D eigenvalue weighted by Crippen LogP contribution is -2.42. The molecule has 11 heteroatoms. The number of amides is 1. The maximum absolute atomic E-state index is 13.1. The summed E-state index contributed by atoms with van der Waals surface area (Å²) in [7, 11) is 1.80. The number of aliphatic hydroxyl groups excluding tert-OH is 1. The average Bonchev–Trinajstić information content (AvgIpc) is 3.61. The molecule has 4 aromatic heterocycles. The van der Waals surface area contributed by atoms with Crippen LogP contribution in [0.5, 0.6) is 0 Å². The minimum Gasteiger partial charge on any atom is -0.388 e. The van der Waals surface area contributed by atoms with E-state index in [9.17, 15) is 9.90 Å². The van der Waals surface area contributed by atoms with E-state index < -0.39 is 12.1 Å². The van der Waals surface area contributed by atoms with Gasteiger partial charge in [0.2, 0.25) is 0 Å². The number of nitrogens with one attached hydrogen (secondary N) is 2. The molecule has 6 rings (SSSR count). The van der Waals surface area contributed by atoms with Gasteiger partial charge in [-0.05, 0) is 25.0 Å². The molecule has 3 N–H and O–H groups in total. The van der Waals surface area contributed by atoms with Crippen LogP contribution in [0.1, 0.15) is 29.2 Å². The number of aliphatic hydroxyl groups is 1. The number of pyridine rings is 1. The Morgan fingerprint density at radius 1 is 1.23 bits per heavy atom. The number of ether oxygens (including phenoxy) is 2. The van der Waals surface area contributed by atoms with Crippen LogP contribution in [0.25, 0.3) is 27.9 Å². The highest BCUT2D eigenvalue weighted by Crippen LogP contribution is 2.34. The van der Waals surface area contributed by atoms with Crippen molar-refractivity contribution in [3.8, 4) is 11.3 Å². The van der Waals surface area contributed by atoms with E-state index in [0.29, 0.717) is 29.3 Å². The molecular formula is C24H27N7O4. The van der Waals surface area contributed by atoms with E-state index in [4.69, 9.17) is 14.5 Å². The van der Waals surface area contributed by atoms with Crippen molar-refractivity contribution in [1.29, 1.82) is 0 Å². The van der Waals surface area contributed by atoms with Crippen LogP contribution >= 0.6 is 0 Å². The first-order chi connectivity index (χ1) is 17.1. The topological polar surface area (TPSA) is 128 Å². The number of hydrogen-bond donors (Lipinski definition) is 3. The van der Waals surface area contributed by atoms with Crippen LogP contribution in [0.2, 0.25) is 0 Å². The molecule has 2 aliphatic rings. The molecule has 1 unspecified atom stereocenters. The van der Waals surface area contributed by atoms with Crippen LogP contribution in [-0.2, 0) is 9.47 Å². The summed E-state index contributed by atoms with van der Waals surface area (Å²) < 4.78 is 14.8. The quantitative estimate of drug-likeness (QED) is 0.396. The molecule has 35 heavy (non-hydrogen) atoms. The van der Waals surface area contributed by atoms with E-state index in [0.717, 1.165) is 36.0 Å². The van der Waals surface area contributed by atoms with E-state index in [2.05, 4.69) is 31.5 Å². The van der Waals surface area contributed by atoms with Crippen LogP contribution < -0.4 is 10.6 Å². The summed E-state index contributed by atoms with van der Waals surface area (Å²) in [5.41, 5.74) is 3.25. The number of fused-ring (bicyclic) bond motifs is 2. The van der Waals surface area contributed by atoms with Gasteiger partial charge in [0.1, 0.15) is 17.0 Å². The number of anilines is 1.